The monoisotopic (exact) mass is 629 g/mol. The number of Topliss-reactive ketones (excluding diaryl/α,β-unsaturated/α-hetero) is 1. The second kappa shape index (κ2) is 13.0. The lowest BCUT2D eigenvalue weighted by Crippen LogP contribution is -2.31. The molecule has 11 heteroatoms. The molecule has 8 nitrogen and oxygen atoms in total. The number of thioether (sulfide) groups is 1. The summed E-state index contributed by atoms with van der Waals surface area (Å²) in [5.41, 5.74) is 1.47. The van der Waals surface area contributed by atoms with E-state index in [0.717, 1.165) is 36.0 Å². The molecule has 0 fully saturated rings. The van der Waals surface area contributed by atoms with Gasteiger partial charge in [0.25, 0.3) is 5.91 Å². The number of hydrogen-bond donors (Lipinski definition) is 1. The van der Waals surface area contributed by atoms with E-state index in [0.29, 0.717) is 39.2 Å². The molecule has 224 valence electrons. The molecule has 1 amide bonds. The highest BCUT2D eigenvalue weighted by Crippen LogP contribution is 2.44. The van der Waals surface area contributed by atoms with Gasteiger partial charge in [0.05, 0.1) is 18.2 Å². The molecule has 1 aliphatic rings. The number of rotatable bonds is 12. The minimum Gasteiger partial charge on any atom is -0.503 e. The zero-order chi connectivity index (χ0) is 30.6. The van der Waals surface area contributed by atoms with Crippen molar-refractivity contribution in [1.29, 1.82) is 0 Å². The third-order valence-electron chi connectivity index (χ3n) is 7.23. The highest BCUT2D eigenvalue weighted by atomic mass is 32.2. The van der Waals surface area contributed by atoms with Crippen molar-refractivity contribution in [2.45, 2.75) is 42.3 Å². The Labute approximate surface area is 261 Å². The van der Waals surface area contributed by atoms with E-state index in [1.807, 2.05) is 12.1 Å². The number of para-hydroxylation sites is 1. The van der Waals surface area contributed by atoms with Crippen molar-refractivity contribution in [3.63, 3.8) is 0 Å². The number of ketones is 1. The van der Waals surface area contributed by atoms with Gasteiger partial charge in [0.15, 0.2) is 15.9 Å². The van der Waals surface area contributed by atoms with E-state index in [-0.39, 0.29) is 22.3 Å². The SMILES string of the molecule is CCCCCOc1ccc([C@@H]2C(C(=O)c3cc4ccccc4o3)=C(O)C(=O)N2c2nnc(SCc3ccccc3F)s2)cc1. The average molecular weight is 630 g/mol. The van der Waals surface area contributed by atoms with Crippen molar-refractivity contribution in [3.8, 4) is 5.75 Å². The fraction of sp³-hybridized carbons (Fsp3) is 0.212. The number of aliphatic hydroxyl groups is 1. The molecule has 1 N–H and O–H groups in total. The fourth-order valence-corrected chi connectivity index (χ4v) is 6.83. The van der Waals surface area contributed by atoms with Crippen LogP contribution in [0.25, 0.3) is 11.0 Å². The molecule has 0 radical (unpaired) electrons. The van der Waals surface area contributed by atoms with Crippen LogP contribution in [0.2, 0.25) is 0 Å². The summed E-state index contributed by atoms with van der Waals surface area (Å²) in [6.07, 6.45) is 3.09. The first-order valence-corrected chi connectivity index (χ1v) is 16.0. The first-order valence-electron chi connectivity index (χ1n) is 14.2. The van der Waals surface area contributed by atoms with E-state index >= 15 is 0 Å². The number of carbonyl (C=O) groups is 2. The summed E-state index contributed by atoms with van der Waals surface area (Å²) in [5, 5.41) is 20.5. The molecule has 0 bridgehead atoms. The van der Waals surface area contributed by atoms with Crippen molar-refractivity contribution in [2.24, 2.45) is 0 Å². The Bertz CT molecular complexity index is 1820. The molecule has 2 aromatic heterocycles. The number of anilines is 1. The molecule has 44 heavy (non-hydrogen) atoms. The van der Waals surface area contributed by atoms with E-state index in [2.05, 4.69) is 17.1 Å². The highest BCUT2D eigenvalue weighted by Gasteiger charge is 2.46. The Kier molecular flexibility index (Phi) is 8.76. The van der Waals surface area contributed by atoms with E-state index in [4.69, 9.17) is 9.15 Å². The summed E-state index contributed by atoms with van der Waals surface area (Å²) in [7, 11) is 0. The quantitative estimate of drug-likeness (QED) is 0.0639. The number of halogens is 1. The number of aromatic nitrogens is 2. The molecule has 5 aromatic rings. The van der Waals surface area contributed by atoms with Gasteiger partial charge in [-0.2, -0.15) is 0 Å². The molecular formula is C33H28FN3O5S2. The van der Waals surface area contributed by atoms with Gasteiger partial charge >= 0.3 is 0 Å². The van der Waals surface area contributed by atoms with Crippen LogP contribution >= 0.6 is 23.1 Å². The minimum atomic E-state index is -1.00. The van der Waals surface area contributed by atoms with Gasteiger partial charge in [-0.25, -0.2) is 4.39 Å². The Balaban J connectivity index is 1.33. The maximum atomic E-state index is 14.2. The van der Waals surface area contributed by atoms with E-state index in [9.17, 15) is 19.1 Å². The third kappa shape index (κ3) is 5.97. The van der Waals surface area contributed by atoms with Crippen LogP contribution in [-0.2, 0) is 10.5 Å². The molecule has 1 atom stereocenters. The van der Waals surface area contributed by atoms with Gasteiger partial charge in [-0.05, 0) is 47.9 Å². The zero-order valence-corrected chi connectivity index (χ0v) is 25.4. The van der Waals surface area contributed by atoms with Crippen LogP contribution in [0.15, 0.2) is 99.0 Å². The standard InChI is InChI=1S/C33H28FN3O5S2/c1-2-3-8-17-41-23-15-13-20(14-16-23)28-27(29(38)26-18-21-9-5-7-12-25(21)42-26)30(39)31(40)37(28)32-35-36-33(44-32)43-19-22-10-4-6-11-24(22)34/h4-7,9-16,18,28,39H,2-3,8,17,19H2,1H3/t28-/m1/s1. The number of carbonyl (C=O) groups excluding carboxylic acids is 2. The smallest absolute Gasteiger partial charge is 0.296 e. The lowest BCUT2D eigenvalue weighted by Gasteiger charge is -2.24. The summed E-state index contributed by atoms with van der Waals surface area (Å²) in [6, 6.07) is 21.3. The van der Waals surface area contributed by atoms with Crippen molar-refractivity contribution in [3.05, 3.63) is 113 Å². The molecule has 1 aliphatic heterocycles. The van der Waals surface area contributed by atoms with Gasteiger partial charge < -0.3 is 14.3 Å². The number of fused-ring (bicyclic) bond motifs is 1. The number of aliphatic hydroxyl groups excluding tert-OH is 1. The third-order valence-corrected chi connectivity index (χ3v) is 9.33. The average Bonchev–Trinajstić information content (AvgIpc) is 3.75. The van der Waals surface area contributed by atoms with Gasteiger partial charge in [-0.1, -0.05) is 91.4 Å². The Hall–Kier alpha value is -4.48. The molecule has 0 aliphatic carbocycles. The van der Waals surface area contributed by atoms with Crippen molar-refractivity contribution < 1.29 is 28.2 Å². The molecular weight excluding hydrogens is 602 g/mol. The molecule has 0 unspecified atom stereocenters. The number of ether oxygens (including phenoxy) is 1. The number of nitrogens with zero attached hydrogens (tertiary/aromatic N) is 3. The summed E-state index contributed by atoms with van der Waals surface area (Å²) in [6.45, 7) is 2.70. The van der Waals surface area contributed by atoms with Crippen LogP contribution in [0.5, 0.6) is 5.75 Å². The highest BCUT2D eigenvalue weighted by molar-refractivity contribution is 8.00. The predicted octanol–water partition coefficient (Wildman–Crippen LogP) is 8.07. The molecule has 0 spiro atoms. The molecule has 0 saturated carbocycles. The van der Waals surface area contributed by atoms with Gasteiger partial charge in [-0.15, -0.1) is 10.2 Å². The van der Waals surface area contributed by atoms with Crippen LogP contribution in [0, 0.1) is 5.82 Å². The minimum absolute atomic E-state index is 0.00155. The Morgan fingerprint density at radius 3 is 2.61 bits per heavy atom. The van der Waals surface area contributed by atoms with Crippen LogP contribution in [0.3, 0.4) is 0 Å². The van der Waals surface area contributed by atoms with Crippen LogP contribution < -0.4 is 9.64 Å². The number of unbranched alkanes of at least 4 members (excludes halogenated alkanes) is 2. The van der Waals surface area contributed by atoms with Gasteiger partial charge in [0, 0.05) is 11.1 Å². The predicted molar refractivity (Wildman–Crippen MR) is 168 cm³/mol. The summed E-state index contributed by atoms with van der Waals surface area (Å²) < 4.78 is 26.3. The van der Waals surface area contributed by atoms with Crippen molar-refractivity contribution in [2.75, 3.05) is 11.5 Å². The Morgan fingerprint density at radius 2 is 1.84 bits per heavy atom. The maximum Gasteiger partial charge on any atom is 0.296 e. The molecule has 0 saturated heterocycles. The van der Waals surface area contributed by atoms with E-state index in [1.54, 1.807) is 60.7 Å². The van der Waals surface area contributed by atoms with E-state index in [1.165, 1.54) is 22.7 Å². The molecule has 6 rings (SSSR count). The summed E-state index contributed by atoms with van der Waals surface area (Å²) in [4.78, 5) is 28.8. The lowest BCUT2D eigenvalue weighted by atomic mass is 9.95. The van der Waals surface area contributed by atoms with E-state index < -0.39 is 23.5 Å². The normalized spacial score (nSPS) is 15.0. The summed E-state index contributed by atoms with van der Waals surface area (Å²) >= 11 is 2.40. The van der Waals surface area contributed by atoms with Crippen molar-refractivity contribution in [1.82, 2.24) is 10.2 Å². The van der Waals surface area contributed by atoms with Gasteiger partial charge in [0.2, 0.25) is 10.9 Å². The largest absolute Gasteiger partial charge is 0.503 e. The first kappa shape index (κ1) is 29.6. The van der Waals surface area contributed by atoms with Crippen LogP contribution in [0.1, 0.15) is 53.9 Å². The van der Waals surface area contributed by atoms with Gasteiger partial charge in [0.1, 0.15) is 17.1 Å². The maximum absolute atomic E-state index is 14.2. The van der Waals surface area contributed by atoms with Crippen LogP contribution in [0.4, 0.5) is 9.52 Å². The van der Waals surface area contributed by atoms with Gasteiger partial charge in [-0.3, -0.25) is 14.5 Å². The number of benzene rings is 3. The number of furan rings is 1. The van der Waals surface area contributed by atoms with Crippen molar-refractivity contribution >= 4 is 50.9 Å². The second-order valence-electron chi connectivity index (χ2n) is 10.2. The second-order valence-corrected chi connectivity index (χ2v) is 12.4. The summed E-state index contributed by atoms with van der Waals surface area (Å²) in [5.74, 6) is -1.42. The first-order chi connectivity index (χ1) is 21.4. The zero-order valence-electron chi connectivity index (χ0n) is 23.7. The van der Waals surface area contributed by atoms with Crippen LogP contribution in [-0.4, -0.2) is 33.6 Å². The molecule has 3 heterocycles. The lowest BCUT2D eigenvalue weighted by molar-refractivity contribution is -0.117. The Morgan fingerprint density at radius 1 is 1.07 bits per heavy atom. The molecule has 3 aromatic carbocycles. The number of amides is 1. The topological polar surface area (TPSA) is 106 Å². The number of hydrogen-bond acceptors (Lipinski definition) is 9. The fourth-order valence-electron chi connectivity index (χ4n) is 4.98.